The molecule has 0 saturated heterocycles. The fourth-order valence-electron chi connectivity index (χ4n) is 2.85. The van der Waals surface area contributed by atoms with Crippen molar-refractivity contribution in [2.75, 3.05) is 0 Å². The average molecular weight is 498 g/mol. The highest BCUT2D eigenvalue weighted by molar-refractivity contribution is 7.91. The van der Waals surface area contributed by atoms with E-state index in [2.05, 4.69) is 10.0 Å². The fraction of sp³-hybridized carbons (Fsp3) is 0.150. The molecule has 1 heterocycles. The molecule has 12 heteroatoms. The predicted molar refractivity (Wildman–Crippen MR) is 118 cm³/mol. The Bertz CT molecular complexity index is 1310. The van der Waals surface area contributed by atoms with Crippen molar-refractivity contribution in [3.63, 3.8) is 0 Å². The van der Waals surface area contributed by atoms with Gasteiger partial charge < -0.3 is 5.32 Å². The minimum absolute atomic E-state index is 0.0211. The summed E-state index contributed by atoms with van der Waals surface area (Å²) in [6.45, 7) is -0.0360. The maximum absolute atomic E-state index is 14.1. The van der Waals surface area contributed by atoms with Gasteiger partial charge in [0.05, 0.1) is 6.54 Å². The summed E-state index contributed by atoms with van der Waals surface area (Å²) in [5, 5.41) is 7.67. The van der Waals surface area contributed by atoms with Crippen LogP contribution in [-0.4, -0.2) is 28.8 Å². The van der Waals surface area contributed by atoms with Gasteiger partial charge in [0.15, 0.2) is 0 Å². The molecule has 3 aromatic rings. The number of rotatable bonds is 9. The third kappa shape index (κ3) is 6.20. The highest BCUT2D eigenvalue weighted by atomic mass is 32.2. The molecule has 2 aromatic carbocycles. The summed E-state index contributed by atoms with van der Waals surface area (Å²) in [6, 6.07) is 15.2. The van der Waals surface area contributed by atoms with Crippen LogP contribution in [0.15, 0.2) is 75.8 Å². The van der Waals surface area contributed by atoms with Gasteiger partial charge in [-0.3, -0.25) is 4.79 Å². The molecule has 3 rings (SSSR count). The number of thiophene rings is 1. The second-order valence-electron chi connectivity index (χ2n) is 6.78. The van der Waals surface area contributed by atoms with Gasteiger partial charge in [-0.15, -0.1) is 11.3 Å². The van der Waals surface area contributed by atoms with E-state index >= 15 is 0 Å². The SMILES string of the molecule is NS(=O)(=O)c1ccc(CNC(=O)C(Cc2ccccc2)NS(=O)(=O)c2ccccc2F)s1. The van der Waals surface area contributed by atoms with Crippen molar-refractivity contribution in [3.05, 3.63) is 83.0 Å². The Hall–Kier alpha value is -2.64. The van der Waals surface area contributed by atoms with Crippen LogP contribution in [-0.2, 0) is 37.8 Å². The van der Waals surface area contributed by atoms with Gasteiger partial charge in [0.1, 0.15) is 21.0 Å². The third-order valence-electron chi connectivity index (χ3n) is 4.38. The first kappa shape index (κ1) is 24.0. The molecule has 1 amide bonds. The molecule has 0 radical (unpaired) electrons. The molecule has 1 aromatic heterocycles. The molecule has 0 saturated carbocycles. The van der Waals surface area contributed by atoms with E-state index < -0.39 is 42.7 Å². The predicted octanol–water partition coefficient (Wildman–Crippen LogP) is 1.74. The summed E-state index contributed by atoms with van der Waals surface area (Å²) in [7, 11) is -8.19. The van der Waals surface area contributed by atoms with Gasteiger partial charge in [-0.25, -0.2) is 26.4 Å². The largest absolute Gasteiger partial charge is 0.350 e. The standard InChI is InChI=1S/C20H20FN3O5S3/c21-16-8-4-5-9-18(16)32(28,29)24-17(12-14-6-2-1-3-7-14)20(25)23-13-15-10-11-19(30-15)31(22,26)27/h1-11,17,24H,12-13H2,(H,23,25)(H2,22,26,27). The Morgan fingerprint density at radius 2 is 1.62 bits per heavy atom. The van der Waals surface area contributed by atoms with E-state index in [0.29, 0.717) is 10.4 Å². The molecule has 0 fully saturated rings. The molecule has 1 atom stereocenters. The Morgan fingerprint density at radius 3 is 2.25 bits per heavy atom. The first-order valence-electron chi connectivity index (χ1n) is 9.26. The minimum atomic E-state index is -4.33. The average Bonchev–Trinajstić information content (AvgIpc) is 3.22. The van der Waals surface area contributed by atoms with Crippen LogP contribution in [0.1, 0.15) is 10.4 Å². The van der Waals surface area contributed by atoms with Crippen molar-refractivity contribution >= 4 is 37.3 Å². The first-order valence-corrected chi connectivity index (χ1v) is 13.1. The number of carbonyl (C=O) groups is 1. The summed E-state index contributed by atoms with van der Waals surface area (Å²) >= 11 is 0.894. The molecule has 1 unspecified atom stereocenters. The van der Waals surface area contributed by atoms with E-state index in [-0.39, 0.29) is 17.2 Å². The van der Waals surface area contributed by atoms with Crippen LogP contribution in [0.25, 0.3) is 0 Å². The van der Waals surface area contributed by atoms with Gasteiger partial charge in [-0.2, -0.15) is 4.72 Å². The molecule has 0 bridgehead atoms. The molecular weight excluding hydrogens is 477 g/mol. The molecule has 0 spiro atoms. The van der Waals surface area contributed by atoms with Crippen molar-refractivity contribution in [1.29, 1.82) is 0 Å². The van der Waals surface area contributed by atoms with E-state index in [9.17, 15) is 26.0 Å². The zero-order valence-corrected chi connectivity index (χ0v) is 19.0. The maximum atomic E-state index is 14.1. The normalized spacial score (nSPS) is 12.9. The van der Waals surface area contributed by atoms with Gasteiger partial charge in [0.25, 0.3) is 0 Å². The number of benzene rings is 2. The van der Waals surface area contributed by atoms with Gasteiger partial charge in [0.2, 0.25) is 26.0 Å². The monoisotopic (exact) mass is 497 g/mol. The zero-order valence-electron chi connectivity index (χ0n) is 16.6. The van der Waals surface area contributed by atoms with Crippen LogP contribution in [0.4, 0.5) is 4.39 Å². The first-order chi connectivity index (χ1) is 15.1. The van der Waals surface area contributed by atoms with E-state index in [1.165, 1.54) is 24.3 Å². The quantitative estimate of drug-likeness (QED) is 0.414. The van der Waals surface area contributed by atoms with E-state index in [1.54, 1.807) is 30.3 Å². The van der Waals surface area contributed by atoms with Crippen LogP contribution in [0.2, 0.25) is 0 Å². The number of amides is 1. The summed E-state index contributed by atoms with van der Waals surface area (Å²) in [4.78, 5) is 12.8. The Balaban J connectivity index is 1.80. The van der Waals surface area contributed by atoms with Gasteiger partial charge >= 0.3 is 0 Å². The van der Waals surface area contributed by atoms with Crippen molar-refractivity contribution in [2.45, 2.75) is 28.1 Å². The highest BCUT2D eigenvalue weighted by Gasteiger charge is 2.28. The van der Waals surface area contributed by atoms with E-state index in [4.69, 9.17) is 5.14 Å². The molecule has 170 valence electrons. The van der Waals surface area contributed by atoms with Gasteiger partial charge in [-0.05, 0) is 36.2 Å². The lowest BCUT2D eigenvalue weighted by Crippen LogP contribution is -2.47. The molecule has 0 aliphatic rings. The van der Waals surface area contributed by atoms with Crippen LogP contribution < -0.4 is 15.2 Å². The topological polar surface area (TPSA) is 135 Å². The van der Waals surface area contributed by atoms with Crippen molar-refractivity contribution in [1.82, 2.24) is 10.0 Å². The number of primary sulfonamides is 1. The zero-order chi connectivity index (χ0) is 23.4. The van der Waals surface area contributed by atoms with Crippen LogP contribution in [0, 0.1) is 5.82 Å². The van der Waals surface area contributed by atoms with Crippen molar-refractivity contribution in [3.8, 4) is 0 Å². The molecule has 0 aliphatic heterocycles. The fourth-order valence-corrected chi connectivity index (χ4v) is 5.85. The second-order valence-corrected chi connectivity index (χ2v) is 11.4. The lowest BCUT2D eigenvalue weighted by Gasteiger charge is -2.19. The lowest BCUT2D eigenvalue weighted by atomic mass is 10.1. The number of nitrogens with one attached hydrogen (secondary N) is 2. The van der Waals surface area contributed by atoms with E-state index in [0.717, 1.165) is 23.5 Å². The third-order valence-corrected chi connectivity index (χ3v) is 8.41. The smallest absolute Gasteiger partial charge is 0.247 e. The molecular formula is C20H20FN3O5S3. The molecule has 0 aliphatic carbocycles. The summed E-state index contributed by atoms with van der Waals surface area (Å²) < 4.78 is 64.6. The van der Waals surface area contributed by atoms with Crippen molar-refractivity contribution < 1.29 is 26.0 Å². The van der Waals surface area contributed by atoms with Crippen LogP contribution >= 0.6 is 11.3 Å². The summed E-state index contributed by atoms with van der Waals surface area (Å²) in [5.41, 5.74) is 0.691. The lowest BCUT2D eigenvalue weighted by molar-refractivity contribution is -0.122. The van der Waals surface area contributed by atoms with E-state index in [1.807, 2.05) is 0 Å². The van der Waals surface area contributed by atoms with Gasteiger partial charge in [-0.1, -0.05) is 42.5 Å². The van der Waals surface area contributed by atoms with Crippen LogP contribution in [0.3, 0.4) is 0 Å². The van der Waals surface area contributed by atoms with Crippen molar-refractivity contribution in [2.24, 2.45) is 5.14 Å². The van der Waals surface area contributed by atoms with Gasteiger partial charge in [0, 0.05) is 4.88 Å². The Morgan fingerprint density at radius 1 is 0.969 bits per heavy atom. The number of sulfonamides is 2. The second kappa shape index (κ2) is 9.88. The number of hydrogen-bond donors (Lipinski definition) is 3. The number of halogens is 1. The number of nitrogens with two attached hydrogens (primary N) is 1. The molecule has 32 heavy (non-hydrogen) atoms. The Labute approximate surface area is 189 Å². The molecule has 8 nitrogen and oxygen atoms in total. The minimum Gasteiger partial charge on any atom is -0.350 e. The number of carbonyl (C=O) groups excluding carboxylic acids is 1. The highest BCUT2D eigenvalue weighted by Crippen LogP contribution is 2.20. The maximum Gasteiger partial charge on any atom is 0.247 e. The van der Waals surface area contributed by atoms with Crippen LogP contribution in [0.5, 0.6) is 0 Å². The summed E-state index contributed by atoms with van der Waals surface area (Å²) in [6.07, 6.45) is 0.0211. The Kier molecular flexibility index (Phi) is 7.41. The number of hydrogen-bond acceptors (Lipinski definition) is 6. The molecule has 4 N–H and O–H groups in total. The summed E-state index contributed by atoms with van der Waals surface area (Å²) in [5.74, 6) is -1.59.